The lowest BCUT2D eigenvalue weighted by molar-refractivity contribution is 0.146. The van der Waals surface area contributed by atoms with E-state index in [1.54, 1.807) is 37.4 Å². The number of amides is 2. The normalized spacial score (nSPS) is 10.4. The summed E-state index contributed by atoms with van der Waals surface area (Å²) in [5.74, 6) is 0.252. The van der Waals surface area contributed by atoms with Gasteiger partial charge in [0.2, 0.25) is 0 Å². The van der Waals surface area contributed by atoms with E-state index in [0.717, 1.165) is 5.56 Å². The summed E-state index contributed by atoms with van der Waals surface area (Å²) in [7, 11) is 1.59. The van der Waals surface area contributed by atoms with Crippen molar-refractivity contribution in [1.29, 1.82) is 0 Å². The molecule has 0 aromatic heterocycles. The zero-order valence-corrected chi connectivity index (χ0v) is 14.6. The molecule has 0 aliphatic carbocycles. The lowest BCUT2D eigenvalue weighted by Crippen LogP contribution is -2.30. The van der Waals surface area contributed by atoms with Crippen LogP contribution >= 0.6 is 11.6 Å². The van der Waals surface area contributed by atoms with Crippen molar-refractivity contribution in [3.05, 3.63) is 58.9 Å². The SMILES string of the molecule is COCCOc1ccc(NC(=O)NCCc2ccc(F)cc2)cc1Cl. The van der Waals surface area contributed by atoms with Crippen LogP contribution in [0.4, 0.5) is 14.9 Å². The van der Waals surface area contributed by atoms with Crippen LogP contribution in [-0.4, -0.2) is 32.9 Å². The zero-order chi connectivity index (χ0) is 18.1. The summed E-state index contributed by atoms with van der Waals surface area (Å²) in [5.41, 5.74) is 1.51. The Hall–Kier alpha value is -2.31. The minimum Gasteiger partial charge on any atom is -0.490 e. The van der Waals surface area contributed by atoms with Crippen LogP contribution < -0.4 is 15.4 Å². The van der Waals surface area contributed by atoms with E-state index in [4.69, 9.17) is 21.1 Å². The second kappa shape index (κ2) is 9.86. The third kappa shape index (κ3) is 6.60. The van der Waals surface area contributed by atoms with E-state index in [0.29, 0.717) is 42.6 Å². The molecule has 25 heavy (non-hydrogen) atoms. The Morgan fingerprint density at radius 1 is 1.16 bits per heavy atom. The van der Waals surface area contributed by atoms with Crippen molar-refractivity contribution in [3.63, 3.8) is 0 Å². The molecule has 0 atom stereocenters. The van der Waals surface area contributed by atoms with Gasteiger partial charge in [-0.05, 0) is 42.3 Å². The van der Waals surface area contributed by atoms with Crippen molar-refractivity contribution in [2.75, 3.05) is 32.2 Å². The van der Waals surface area contributed by atoms with E-state index in [9.17, 15) is 9.18 Å². The predicted octanol–water partition coefficient (Wildman–Crippen LogP) is 3.87. The first-order valence-electron chi connectivity index (χ1n) is 7.79. The van der Waals surface area contributed by atoms with Gasteiger partial charge in [-0.1, -0.05) is 23.7 Å². The first kappa shape index (κ1) is 19.0. The highest BCUT2D eigenvalue weighted by molar-refractivity contribution is 6.32. The summed E-state index contributed by atoms with van der Waals surface area (Å²) in [6.07, 6.45) is 0.612. The van der Waals surface area contributed by atoms with E-state index < -0.39 is 0 Å². The first-order valence-corrected chi connectivity index (χ1v) is 8.17. The number of carbonyl (C=O) groups excluding carboxylic acids is 1. The second-order valence-electron chi connectivity index (χ2n) is 5.24. The van der Waals surface area contributed by atoms with Crippen LogP contribution in [0.5, 0.6) is 5.75 Å². The molecule has 0 bridgehead atoms. The number of hydrogen-bond donors (Lipinski definition) is 2. The molecule has 2 rings (SSSR count). The molecule has 134 valence electrons. The number of methoxy groups -OCH3 is 1. The van der Waals surface area contributed by atoms with Gasteiger partial charge in [-0.25, -0.2) is 9.18 Å². The average Bonchev–Trinajstić information content (AvgIpc) is 2.59. The molecule has 2 aromatic rings. The lowest BCUT2D eigenvalue weighted by Gasteiger charge is -2.11. The zero-order valence-electron chi connectivity index (χ0n) is 13.9. The fraction of sp³-hybridized carbons (Fsp3) is 0.278. The summed E-state index contributed by atoms with van der Waals surface area (Å²) in [5, 5.41) is 5.84. The summed E-state index contributed by atoms with van der Waals surface area (Å²) >= 11 is 6.12. The number of rotatable bonds is 8. The topological polar surface area (TPSA) is 59.6 Å². The van der Waals surface area contributed by atoms with Crippen LogP contribution in [0.25, 0.3) is 0 Å². The minimum atomic E-state index is -0.341. The maximum Gasteiger partial charge on any atom is 0.319 e. The number of urea groups is 1. The molecular weight excluding hydrogens is 347 g/mol. The van der Waals surface area contributed by atoms with Gasteiger partial charge in [-0.15, -0.1) is 0 Å². The number of hydrogen-bond acceptors (Lipinski definition) is 3. The van der Waals surface area contributed by atoms with Crippen LogP contribution in [0.15, 0.2) is 42.5 Å². The summed E-state index contributed by atoms with van der Waals surface area (Å²) in [6.45, 7) is 1.29. The fourth-order valence-corrected chi connectivity index (χ4v) is 2.31. The number of carbonyl (C=O) groups is 1. The first-order chi connectivity index (χ1) is 12.1. The predicted molar refractivity (Wildman–Crippen MR) is 95.9 cm³/mol. The Kier molecular flexibility index (Phi) is 7.50. The van der Waals surface area contributed by atoms with Crippen molar-refractivity contribution in [2.45, 2.75) is 6.42 Å². The van der Waals surface area contributed by atoms with Crippen molar-refractivity contribution in [2.24, 2.45) is 0 Å². The van der Waals surface area contributed by atoms with Crippen LogP contribution in [0, 0.1) is 5.82 Å². The highest BCUT2D eigenvalue weighted by atomic mass is 35.5. The maximum atomic E-state index is 12.8. The Morgan fingerprint density at radius 3 is 2.60 bits per heavy atom. The number of halogens is 2. The molecule has 0 saturated carbocycles. The van der Waals surface area contributed by atoms with E-state index in [-0.39, 0.29) is 11.8 Å². The molecule has 0 heterocycles. The lowest BCUT2D eigenvalue weighted by atomic mass is 10.1. The monoisotopic (exact) mass is 366 g/mol. The quantitative estimate of drug-likeness (QED) is 0.697. The molecule has 5 nitrogen and oxygen atoms in total. The maximum absolute atomic E-state index is 12.8. The molecule has 0 saturated heterocycles. The highest BCUT2D eigenvalue weighted by Crippen LogP contribution is 2.27. The van der Waals surface area contributed by atoms with Crippen molar-refractivity contribution in [3.8, 4) is 5.75 Å². The Labute approximate surface area is 151 Å². The van der Waals surface area contributed by atoms with Gasteiger partial charge in [0.15, 0.2) is 0 Å². The molecule has 0 aliphatic rings. The molecule has 0 spiro atoms. The van der Waals surface area contributed by atoms with E-state index in [1.807, 2.05) is 0 Å². The van der Waals surface area contributed by atoms with Gasteiger partial charge < -0.3 is 20.1 Å². The molecular formula is C18H20ClFN2O3. The number of anilines is 1. The van der Waals surface area contributed by atoms with Crippen LogP contribution in [0.2, 0.25) is 5.02 Å². The van der Waals surface area contributed by atoms with Crippen molar-refractivity contribution < 1.29 is 18.7 Å². The molecule has 7 heteroatoms. The van der Waals surface area contributed by atoms with Gasteiger partial charge in [-0.3, -0.25) is 0 Å². The van der Waals surface area contributed by atoms with E-state index in [1.165, 1.54) is 12.1 Å². The van der Waals surface area contributed by atoms with Gasteiger partial charge in [0.1, 0.15) is 18.2 Å². The summed E-state index contributed by atoms with van der Waals surface area (Å²) in [6, 6.07) is 10.8. The van der Waals surface area contributed by atoms with Crippen LogP contribution in [0.3, 0.4) is 0 Å². The van der Waals surface area contributed by atoms with E-state index >= 15 is 0 Å². The van der Waals surface area contributed by atoms with Gasteiger partial charge in [0, 0.05) is 19.3 Å². The summed E-state index contributed by atoms with van der Waals surface area (Å²) < 4.78 is 23.2. The standard InChI is InChI=1S/C18H20ClFN2O3/c1-24-10-11-25-17-7-6-15(12-16(17)19)22-18(23)21-9-8-13-2-4-14(20)5-3-13/h2-7,12H,8-11H2,1H3,(H2,21,22,23). The Balaban J connectivity index is 1.77. The van der Waals surface area contributed by atoms with Crippen molar-refractivity contribution >= 4 is 23.3 Å². The van der Waals surface area contributed by atoms with Gasteiger partial charge in [-0.2, -0.15) is 0 Å². The average molecular weight is 367 g/mol. The largest absolute Gasteiger partial charge is 0.490 e. The van der Waals surface area contributed by atoms with Gasteiger partial charge >= 0.3 is 6.03 Å². The summed E-state index contributed by atoms with van der Waals surface area (Å²) in [4.78, 5) is 11.9. The highest BCUT2D eigenvalue weighted by Gasteiger charge is 2.06. The molecule has 0 unspecified atom stereocenters. The molecule has 2 aromatic carbocycles. The molecule has 2 N–H and O–H groups in total. The third-order valence-corrected chi connectivity index (χ3v) is 3.64. The minimum absolute atomic E-state index is 0.277. The van der Waals surface area contributed by atoms with E-state index in [2.05, 4.69) is 10.6 Å². The molecule has 0 fully saturated rings. The fourth-order valence-electron chi connectivity index (χ4n) is 2.08. The Bertz CT molecular complexity index is 695. The molecule has 0 aliphatic heterocycles. The molecule has 2 amide bonds. The van der Waals surface area contributed by atoms with Crippen LogP contribution in [-0.2, 0) is 11.2 Å². The Morgan fingerprint density at radius 2 is 1.92 bits per heavy atom. The van der Waals surface area contributed by atoms with Gasteiger partial charge in [0.25, 0.3) is 0 Å². The smallest absolute Gasteiger partial charge is 0.319 e. The number of ether oxygens (including phenoxy) is 2. The van der Waals surface area contributed by atoms with Gasteiger partial charge in [0.05, 0.1) is 11.6 Å². The molecule has 0 radical (unpaired) electrons. The van der Waals surface area contributed by atoms with Crippen molar-refractivity contribution in [1.82, 2.24) is 5.32 Å². The number of nitrogens with one attached hydrogen (secondary N) is 2. The third-order valence-electron chi connectivity index (χ3n) is 3.35. The second-order valence-corrected chi connectivity index (χ2v) is 5.65. The van der Waals surface area contributed by atoms with Crippen LogP contribution in [0.1, 0.15) is 5.56 Å². The number of benzene rings is 2.